The van der Waals surface area contributed by atoms with Gasteiger partial charge in [-0.2, -0.15) is 5.10 Å². The molecule has 9 nitrogen and oxygen atoms in total. The first-order valence-corrected chi connectivity index (χ1v) is 14.4. The first-order valence-electron chi connectivity index (χ1n) is 14.1. The zero-order valence-corrected chi connectivity index (χ0v) is 24.5. The van der Waals surface area contributed by atoms with E-state index in [4.69, 9.17) is 16.3 Å². The minimum Gasteiger partial charge on any atom is -0.444 e. The lowest BCUT2D eigenvalue weighted by molar-refractivity contribution is 0.0165. The number of nitrogens with zero attached hydrogens (tertiary/aromatic N) is 4. The van der Waals surface area contributed by atoms with Crippen LogP contribution in [0, 0.1) is 5.92 Å². The summed E-state index contributed by atoms with van der Waals surface area (Å²) in [6.45, 7) is 8.22. The predicted molar refractivity (Wildman–Crippen MR) is 156 cm³/mol. The topological polar surface area (TPSA) is 96.8 Å². The summed E-state index contributed by atoms with van der Waals surface area (Å²) in [5, 5.41) is 8.11. The standard InChI is InChI=1S/C31H36ClN5O4/c1-31(2,3)41-30(40)35-15-12-22(13-16-35)20-36-17-14-25-26(28(38)33-19-21-8-5-4-6-9-21)34-37(27(25)29(36)39)24-11-7-10-23(32)18-24/h4-11,18,22H,12-17,19-20H2,1-3H3,(H,33,38). The first kappa shape index (κ1) is 28.7. The quantitative estimate of drug-likeness (QED) is 0.440. The van der Waals surface area contributed by atoms with E-state index >= 15 is 0 Å². The van der Waals surface area contributed by atoms with Crippen molar-refractivity contribution < 1.29 is 19.1 Å². The second-order valence-corrected chi connectivity index (χ2v) is 12.1. The lowest BCUT2D eigenvalue weighted by Gasteiger charge is -2.36. The Morgan fingerprint density at radius 2 is 1.78 bits per heavy atom. The average Bonchev–Trinajstić information content (AvgIpc) is 3.34. The van der Waals surface area contributed by atoms with Crippen LogP contribution in [-0.2, 0) is 17.7 Å². The Labute approximate surface area is 245 Å². The fourth-order valence-corrected chi connectivity index (χ4v) is 5.54. The summed E-state index contributed by atoms with van der Waals surface area (Å²) in [6.07, 6.45) is 1.80. The average molecular weight is 578 g/mol. The molecule has 5 rings (SSSR count). The number of benzene rings is 2. The number of ether oxygens (including phenoxy) is 1. The van der Waals surface area contributed by atoms with Gasteiger partial charge in [0.2, 0.25) is 0 Å². The van der Waals surface area contributed by atoms with Crippen LogP contribution in [0.15, 0.2) is 54.6 Å². The highest BCUT2D eigenvalue weighted by atomic mass is 35.5. The van der Waals surface area contributed by atoms with Gasteiger partial charge in [-0.15, -0.1) is 0 Å². The molecule has 216 valence electrons. The molecule has 10 heteroatoms. The number of hydrogen-bond acceptors (Lipinski definition) is 5. The van der Waals surface area contributed by atoms with Crippen LogP contribution < -0.4 is 5.32 Å². The van der Waals surface area contributed by atoms with Crippen LogP contribution in [0.4, 0.5) is 4.79 Å². The molecule has 1 saturated heterocycles. The molecule has 2 aromatic carbocycles. The maximum atomic E-state index is 13.9. The molecule has 1 N–H and O–H groups in total. The molecule has 0 spiro atoms. The van der Waals surface area contributed by atoms with Gasteiger partial charge in [0.25, 0.3) is 11.8 Å². The highest BCUT2D eigenvalue weighted by Crippen LogP contribution is 2.29. The van der Waals surface area contributed by atoms with Crippen LogP contribution >= 0.6 is 11.6 Å². The van der Waals surface area contributed by atoms with E-state index < -0.39 is 5.60 Å². The van der Waals surface area contributed by atoms with E-state index in [-0.39, 0.29) is 29.5 Å². The number of nitrogens with one attached hydrogen (secondary N) is 1. The minimum absolute atomic E-state index is 0.157. The molecular weight excluding hydrogens is 542 g/mol. The highest BCUT2D eigenvalue weighted by molar-refractivity contribution is 6.30. The van der Waals surface area contributed by atoms with Crippen LogP contribution in [-0.4, -0.2) is 69.3 Å². The Hall–Kier alpha value is -3.85. The van der Waals surface area contributed by atoms with Crippen molar-refractivity contribution in [3.8, 4) is 5.69 Å². The summed E-state index contributed by atoms with van der Waals surface area (Å²) in [5.74, 6) is -0.215. The SMILES string of the molecule is CC(C)(C)OC(=O)N1CCC(CN2CCc3c(C(=O)NCc4ccccc4)nn(-c4cccc(Cl)c4)c3C2=O)CC1. The summed E-state index contributed by atoms with van der Waals surface area (Å²) < 4.78 is 7.07. The maximum absolute atomic E-state index is 13.9. The van der Waals surface area contributed by atoms with E-state index in [0.717, 1.165) is 18.4 Å². The fraction of sp³-hybridized carbons (Fsp3) is 0.419. The van der Waals surface area contributed by atoms with Crippen molar-refractivity contribution in [3.63, 3.8) is 0 Å². The highest BCUT2D eigenvalue weighted by Gasteiger charge is 2.36. The third kappa shape index (κ3) is 6.73. The van der Waals surface area contributed by atoms with Gasteiger partial charge in [-0.1, -0.05) is 48.0 Å². The zero-order chi connectivity index (χ0) is 29.1. The van der Waals surface area contributed by atoms with Gasteiger partial charge in [0, 0.05) is 43.3 Å². The number of rotatable bonds is 6. The molecular formula is C31H36ClN5O4. The number of fused-ring (bicyclic) bond motifs is 1. The molecule has 0 radical (unpaired) electrons. The fourth-order valence-electron chi connectivity index (χ4n) is 5.35. The Morgan fingerprint density at radius 3 is 2.46 bits per heavy atom. The van der Waals surface area contributed by atoms with Crippen LogP contribution in [0.1, 0.15) is 65.7 Å². The summed E-state index contributed by atoms with van der Waals surface area (Å²) in [5.41, 5.74) is 2.37. The van der Waals surface area contributed by atoms with Crippen LogP contribution in [0.5, 0.6) is 0 Å². The molecule has 1 fully saturated rings. The van der Waals surface area contributed by atoms with Crippen LogP contribution in [0.2, 0.25) is 5.02 Å². The van der Waals surface area contributed by atoms with E-state index in [0.29, 0.717) is 61.1 Å². The Bertz CT molecular complexity index is 1420. The number of halogens is 1. The largest absolute Gasteiger partial charge is 0.444 e. The van der Waals surface area contributed by atoms with Crippen molar-refractivity contribution in [2.75, 3.05) is 26.2 Å². The monoisotopic (exact) mass is 577 g/mol. The molecule has 41 heavy (non-hydrogen) atoms. The molecule has 3 amide bonds. The zero-order valence-electron chi connectivity index (χ0n) is 23.7. The van der Waals surface area contributed by atoms with Gasteiger partial charge < -0.3 is 19.9 Å². The number of piperidine rings is 1. The lowest BCUT2D eigenvalue weighted by atomic mass is 9.94. The molecule has 1 aromatic heterocycles. The number of amides is 3. The predicted octanol–water partition coefficient (Wildman–Crippen LogP) is 5.10. The molecule has 0 unspecified atom stereocenters. The Morgan fingerprint density at radius 1 is 1.05 bits per heavy atom. The molecule has 3 aromatic rings. The van der Waals surface area contributed by atoms with Crippen molar-refractivity contribution >= 4 is 29.5 Å². The first-order chi connectivity index (χ1) is 19.6. The third-order valence-electron chi connectivity index (χ3n) is 7.41. The summed E-state index contributed by atoms with van der Waals surface area (Å²) in [4.78, 5) is 43.3. The summed E-state index contributed by atoms with van der Waals surface area (Å²) >= 11 is 6.28. The van der Waals surface area contributed by atoms with E-state index in [9.17, 15) is 14.4 Å². The normalized spacial score (nSPS) is 16.0. The number of hydrogen-bond donors (Lipinski definition) is 1. The van der Waals surface area contributed by atoms with Crippen LogP contribution in [0.25, 0.3) is 5.69 Å². The van der Waals surface area contributed by atoms with Gasteiger partial charge in [0.15, 0.2) is 5.69 Å². The van der Waals surface area contributed by atoms with Gasteiger partial charge in [0.1, 0.15) is 11.3 Å². The second kappa shape index (κ2) is 11.9. The summed E-state index contributed by atoms with van der Waals surface area (Å²) in [7, 11) is 0. The number of carbonyl (C=O) groups is 3. The minimum atomic E-state index is -0.533. The lowest BCUT2D eigenvalue weighted by Crippen LogP contribution is -2.46. The maximum Gasteiger partial charge on any atom is 0.410 e. The smallest absolute Gasteiger partial charge is 0.410 e. The molecule has 3 heterocycles. The molecule has 0 atom stereocenters. The molecule has 0 aliphatic carbocycles. The van der Waals surface area contributed by atoms with E-state index in [1.54, 1.807) is 27.8 Å². The second-order valence-electron chi connectivity index (χ2n) is 11.6. The molecule has 0 saturated carbocycles. The van der Waals surface area contributed by atoms with E-state index in [2.05, 4.69) is 10.4 Å². The van der Waals surface area contributed by atoms with Gasteiger partial charge in [-0.3, -0.25) is 9.59 Å². The van der Waals surface area contributed by atoms with Gasteiger partial charge in [-0.05, 0) is 69.7 Å². The number of carbonyl (C=O) groups excluding carboxylic acids is 3. The van der Waals surface area contributed by atoms with Gasteiger partial charge in [0.05, 0.1) is 5.69 Å². The Kier molecular flexibility index (Phi) is 8.35. The third-order valence-corrected chi connectivity index (χ3v) is 7.65. The Balaban J connectivity index is 1.33. The van der Waals surface area contributed by atoms with Gasteiger partial charge in [-0.25, -0.2) is 9.48 Å². The van der Waals surface area contributed by atoms with Crippen molar-refractivity contribution in [2.24, 2.45) is 5.92 Å². The molecule has 2 aliphatic heterocycles. The van der Waals surface area contributed by atoms with Gasteiger partial charge >= 0.3 is 6.09 Å². The number of likely N-dealkylation sites (tertiary alicyclic amines) is 1. The molecule has 2 aliphatic rings. The van der Waals surface area contributed by atoms with Crippen molar-refractivity contribution in [1.82, 2.24) is 24.9 Å². The van der Waals surface area contributed by atoms with Crippen LogP contribution in [0.3, 0.4) is 0 Å². The van der Waals surface area contributed by atoms with Crippen molar-refractivity contribution in [1.29, 1.82) is 0 Å². The summed E-state index contributed by atoms with van der Waals surface area (Å²) in [6, 6.07) is 16.8. The van der Waals surface area contributed by atoms with E-state index in [1.165, 1.54) is 0 Å². The van der Waals surface area contributed by atoms with Crippen molar-refractivity contribution in [3.05, 3.63) is 82.1 Å². The number of aromatic nitrogens is 2. The molecule has 0 bridgehead atoms. The van der Waals surface area contributed by atoms with Crippen molar-refractivity contribution in [2.45, 2.75) is 52.2 Å². The van der Waals surface area contributed by atoms with E-state index in [1.807, 2.05) is 62.1 Å².